The summed E-state index contributed by atoms with van der Waals surface area (Å²) in [4.78, 5) is 30.0. The van der Waals surface area contributed by atoms with Crippen molar-refractivity contribution in [3.63, 3.8) is 0 Å². The van der Waals surface area contributed by atoms with Gasteiger partial charge in [0.2, 0.25) is 5.67 Å². The highest BCUT2D eigenvalue weighted by Gasteiger charge is 2.43. The van der Waals surface area contributed by atoms with E-state index in [-0.39, 0.29) is 19.5 Å². The average Bonchev–Trinajstić information content (AvgIpc) is 2.67. The third-order valence-corrected chi connectivity index (χ3v) is 4.34. The first-order chi connectivity index (χ1) is 12.6. The molecule has 1 unspecified atom stereocenters. The van der Waals surface area contributed by atoms with Crippen LogP contribution in [0.15, 0.2) is 54.9 Å². The molecule has 3 rings (SSSR count). The van der Waals surface area contributed by atoms with Gasteiger partial charge >= 0.3 is 6.03 Å². The number of halogens is 1. The van der Waals surface area contributed by atoms with E-state index in [1.165, 1.54) is 4.90 Å². The maximum absolute atomic E-state index is 15.2. The van der Waals surface area contributed by atoms with Crippen molar-refractivity contribution in [1.29, 1.82) is 0 Å². The number of anilines is 1. The van der Waals surface area contributed by atoms with Gasteiger partial charge in [0, 0.05) is 31.2 Å². The number of likely N-dealkylation sites (tertiary alicyclic amines) is 1. The van der Waals surface area contributed by atoms with E-state index >= 15 is 4.39 Å². The summed E-state index contributed by atoms with van der Waals surface area (Å²) in [5.74, 6) is -0.696. The number of carbonyl (C=O) groups is 2. The van der Waals surface area contributed by atoms with Crippen LogP contribution in [0.2, 0.25) is 0 Å². The molecule has 1 aliphatic rings. The van der Waals surface area contributed by atoms with Crippen LogP contribution in [0.3, 0.4) is 0 Å². The Morgan fingerprint density at radius 3 is 2.73 bits per heavy atom. The highest BCUT2D eigenvalue weighted by Crippen LogP contribution is 2.26. The van der Waals surface area contributed by atoms with Gasteiger partial charge in [-0.2, -0.15) is 0 Å². The molecule has 2 aromatic rings. The van der Waals surface area contributed by atoms with Gasteiger partial charge in [0.1, 0.15) is 0 Å². The fraction of sp³-hybridized carbons (Fsp3) is 0.316. The van der Waals surface area contributed by atoms with Crippen molar-refractivity contribution in [3.8, 4) is 0 Å². The molecule has 1 aromatic heterocycles. The largest absolute Gasteiger partial charge is 0.349 e. The highest BCUT2D eigenvalue weighted by molar-refractivity contribution is 5.91. The normalized spacial score (nSPS) is 19.7. The second-order valence-corrected chi connectivity index (χ2v) is 6.33. The Bertz CT molecular complexity index is 757. The molecule has 0 spiro atoms. The Labute approximate surface area is 151 Å². The van der Waals surface area contributed by atoms with E-state index in [4.69, 9.17) is 0 Å². The molecule has 136 valence electrons. The van der Waals surface area contributed by atoms with Crippen LogP contribution >= 0.6 is 0 Å². The Morgan fingerprint density at radius 2 is 2.00 bits per heavy atom. The molecule has 1 saturated heterocycles. The molecule has 0 bridgehead atoms. The van der Waals surface area contributed by atoms with E-state index in [9.17, 15) is 9.59 Å². The van der Waals surface area contributed by atoms with E-state index in [0.29, 0.717) is 18.7 Å². The Balaban J connectivity index is 1.58. The minimum absolute atomic E-state index is 0.0982. The number of urea groups is 1. The van der Waals surface area contributed by atoms with Gasteiger partial charge in [0.05, 0.1) is 6.54 Å². The number of amides is 3. The smallest absolute Gasteiger partial charge is 0.321 e. The van der Waals surface area contributed by atoms with Crippen LogP contribution < -0.4 is 10.6 Å². The number of rotatable bonds is 4. The van der Waals surface area contributed by atoms with Gasteiger partial charge in [-0.1, -0.05) is 24.3 Å². The van der Waals surface area contributed by atoms with Crippen LogP contribution in [0.25, 0.3) is 0 Å². The van der Waals surface area contributed by atoms with E-state index in [0.717, 1.165) is 5.56 Å². The average molecular weight is 356 g/mol. The highest BCUT2D eigenvalue weighted by atomic mass is 19.1. The minimum atomic E-state index is -2.09. The second-order valence-electron chi connectivity index (χ2n) is 6.33. The van der Waals surface area contributed by atoms with Crippen LogP contribution in [0.4, 0.5) is 14.9 Å². The summed E-state index contributed by atoms with van der Waals surface area (Å²) in [6, 6.07) is 12.1. The van der Waals surface area contributed by atoms with Gasteiger partial charge in [-0.05, 0) is 36.6 Å². The zero-order valence-electron chi connectivity index (χ0n) is 14.3. The first-order valence-electron chi connectivity index (χ1n) is 8.54. The number of piperidine rings is 1. The number of nitrogens with one attached hydrogen (secondary N) is 2. The lowest BCUT2D eigenvalue weighted by Crippen LogP contribution is -2.56. The molecule has 1 aromatic carbocycles. The van der Waals surface area contributed by atoms with E-state index in [1.54, 1.807) is 48.8 Å². The van der Waals surface area contributed by atoms with Crippen LogP contribution in [0, 0.1) is 0 Å². The van der Waals surface area contributed by atoms with E-state index in [1.807, 2.05) is 6.07 Å². The van der Waals surface area contributed by atoms with Gasteiger partial charge in [-0.25, -0.2) is 9.18 Å². The topological polar surface area (TPSA) is 74.3 Å². The summed E-state index contributed by atoms with van der Waals surface area (Å²) in [6.07, 6.45) is 3.78. The van der Waals surface area contributed by atoms with Gasteiger partial charge < -0.3 is 15.5 Å². The van der Waals surface area contributed by atoms with E-state index < -0.39 is 17.6 Å². The number of hydrogen-bond acceptors (Lipinski definition) is 3. The number of alkyl halides is 1. The molecule has 1 fully saturated rings. The van der Waals surface area contributed by atoms with Crippen molar-refractivity contribution >= 4 is 17.6 Å². The fourth-order valence-corrected chi connectivity index (χ4v) is 2.94. The van der Waals surface area contributed by atoms with Crippen LogP contribution in [0.1, 0.15) is 18.4 Å². The molecule has 6 nitrogen and oxygen atoms in total. The lowest BCUT2D eigenvalue weighted by atomic mass is 9.94. The van der Waals surface area contributed by atoms with E-state index in [2.05, 4.69) is 15.6 Å². The lowest BCUT2D eigenvalue weighted by molar-refractivity contribution is -0.135. The molecule has 7 heteroatoms. The molecule has 1 aliphatic heterocycles. The predicted octanol–water partition coefficient (Wildman–Crippen LogP) is 2.73. The van der Waals surface area contributed by atoms with Crippen molar-refractivity contribution in [2.24, 2.45) is 0 Å². The summed E-state index contributed by atoms with van der Waals surface area (Å²) in [5.41, 5.74) is -0.665. The molecule has 0 aliphatic carbocycles. The Morgan fingerprint density at radius 1 is 1.19 bits per heavy atom. The number of hydrogen-bond donors (Lipinski definition) is 2. The van der Waals surface area contributed by atoms with Crippen molar-refractivity contribution in [2.75, 3.05) is 18.4 Å². The monoisotopic (exact) mass is 356 g/mol. The number of aromatic nitrogens is 1. The summed E-state index contributed by atoms with van der Waals surface area (Å²) < 4.78 is 15.2. The summed E-state index contributed by atoms with van der Waals surface area (Å²) >= 11 is 0. The standard InChI is InChI=1S/C19H21FN4O2/c20-19(17(25)22-13-15-6-4-10-21-12-15)9-5-11-24(14-19)18(26)23-16-7-2-1-3-8-16/h1-4,6-8,10,12H,5,9,11,13-14H2,(H,22,25)(H,23,26). The fourth-order valence-electron chi connectivity index (χ4n) is 2.94. The number of benzene rings is 1. The Kier molecular flexibility index (Phi) is 5.46. The van der Waals surface area contributed by atoms with Crippen LogP contribution in [-0.4, -0.2) is 40.6 Å². The van der Waals surface area contributed by atoms with Gasteiger partial charge in [-0.15, -0.1) is 0 Å². The van der Waals surface area contributed by atoms with Crippen molar-refractivity contribution in [3.05, 3.63) is 60.4 Å². The van der Waals surface area contributed by atoms with Gasteiger partial charge in [0.25, 0.3) is 5.91 Å². The third-order valence-electron chi connectivity index (χ3n) is 4.34. The van der Waals surface area contributed by atoms with Gasteiger partial charge in [-0.3, -0.25) is 9.78 Å². The second kappa shape index (κ2) is 7.95. The zero-order chi connectivity index (χ0) is 18.4. The minimum Gasteiger partial charge on any atom is -0.349 e. The first-order valence-corrected chi connectivity index (χ1v) is 8.54. The quantitative estimate of drug-likeness (QED) is 0.885. The summed E-state index contributed by atoms with van der Waals surface area (Å²) in [7, 11) is 0. The molecule has 26 heavy (non-hydrogen) atoms. The molecule has 1 atom stereocenters. The maximum Gasteiger partial charge on any atom is 0.321 e. The number of carbonyl (C=O) groups excluding carboxylic acids is 2. The van der Waals surface area contributed by atoms with Crippen molar-refractivity contribution in [2.45, 2.75) is 25.1 Å². The van der Waals surface area contributed by atoms with Gasteiger partial charge in [0.15, 0.2) is 0 Å². The van der Waals surface area contributed by atoms with Crippen LogP contribution in [0.5, 0.6) is 0 Å². The molecular formula is C19H21FN4O2. The first kappa shape index (κ1) is 17.8. The zero-order valence-corrected chi connectivity index (χ0v) is 14.3. The molecule has 0 radical (unpaired) electrons. The molecule has 3 amide bonds. The van der Waals surface area contributed by atoms with Crippen LogP contribution in [-0.2, 0) is 11.3 Å². The lowest BCUT2D eigenvalue weighted by Gasteiger charge is -2.36. The maximum atomic E-state index is 15.2. The summed E-state index contributed by atoms with van der Waals surface area (Å²) in [5, 5.41) is 5.33. The molecule has 2 heterocycles. The van der Waals surface area contributed by atoms with Crippen molar-refractivity contribution < 1.29 is 14.0 Å². The van der Waals surface area contributed by atoms with Crippen molar-refractivity contribution in [1.82, 2.24) is 15.2 Å². The molecule has 0 saturated carbocycles. The predicted molar refractivity (Wildman–Crippen MR) is 96.2 cm³/mol. The third kappa shape index (κ3) is 4.36. The molecule has 2 N–H and O–H groups in total. The number of para-hydroxylation sites is 1. The summed E-state index contributed by atoms with van der Waals surface area (Å²) in [6.45, 7) is 0.360. The number of pyridine rings is 1. The SMILES string of the molecule is O=C(Nc1ccccc1)N1CCCC(F)(C(=O)NCc2cccnc2)C1. The Hall–Kier alpha value is -2.96. The number of nitrogens with zero attached hydrogens (tertiary/aromatic N) is 2. The molecular weight excluding hydrogens is 335 g/mol.